The van der Waals surface area contributed by atoms with Crippen molar-refractivity contribution < 1.29 is 9.53 Å². The van der Waals surface area contributed by atoms with Crippen LogP contribution in [0.3, 0.4) is 0 Å². The third-order valence-corrected chi connectivity index (χ3v) is 6.78. The molecule has 4 nitrogen and oxygen atoms in total. The number of thiophene rings is 1. The number of hydrogen-bond acceptors (Lipinski definition) is 4. The Kier molecular flexibility index (Phi) is 6.22. The number of rotatable bonds is 6. The van der Waals surface area contributed by atoms with Gasteiger partial charge < -0.3 is 10.1 Å². The first kappa shape index (κ1) is 21.3. The molecule has 2 aromatic carbocycles. The van der Waals surface area contributed by atoms with Gasteiger partial charge in [0.1, 0.15) is 11.1 Å². The first-order chi connectivity index (χ1) is 14.9. The van der Waals surface area contributed by atoms with Crippen LogP contribution in [-0.2, 0) is 35.4 Å². The van der Waals surface area contributed by atoms with Gasteiger partial charge in [0.15, 0.2) is 0 Å². The molecule has 1 aliphatic rings. The van der Waals surface area contributed by atoms with Crippen LogP contribution in [0.25, 0.3) is 0 Å². The van der Waals surface area contributed by atoms with Crippen molar-refractivity contribution in [3.8, 4) is 6.07 Å². The number of nitrogens with zero attached hydrogens (tertiary/aromatic N) is 1. The highest BCUT2D eigenvalue weighted by molar-refractivity contribution is 7.16. The van der Waals surface area contributed by atoms with Crippen molar-refractivity contribution in [1.29, 1.82) is 5.26 Å². The Labute approximate surface area is 187 Å². The number of anilines is 1. The molecule has 2 heterocycles. The van der Waals surface area contributed by atoms with E-state index in [4.69, 9.17) is 4.74 Å². The molecule has 0 saturated carbocycles. The zero-order chi connectivity index (χ0) is 21.8. The molecule has 31 heavy (non-hydrogen) atoms. The Morgan fingerprint density at radius 3 is 2.23 bits per heavy atom. The van der Waals surface area contributed by atoms with E-state index in [1.54, 1.807) is 0 Å². The zero-order valence-electron chi connectivity index (χ0n) is 17.9. The predicted octanol–water partition coefficient (Wildman–Crippen LogP) is 5.51. The molecule has 4 rings (SSSR count). The van der Waals surface area contributed by atoms with Crippen molar-refractivity contribution in [3.63, 3.8) is 0 Å². The van der Waals surface area contributed by atoms with Gasteiger partial charge in [0.25, 0.3) is 0 Å². The monoisotopic (exact) mass is 430 g/mol. The summed E-state index contributed by atoms with van der Waals surface area (Å²) in [6, 6.07) is 22.5. The summed E-state index contributed by atoms with van der Waals surface area (Å²) in [6.45, 7) is 4.54. The second-order valence-electron chi connectivity index (χ2n) is 8.61. The first-order valence-electron chi connectivity index (χ1n) is 10.5. The summed E-state index contributed by atoms with van der Waals surface area (Å²) >= 11 is 1.47. The van der Waals surface area contributed by atoms with Crippen LogP contribution in [-0.4, -0.2) is 11.5 Å². The summed E-state index contributed by atoms with van der Waals surface area (Å²) < 4.78 is 5.90. The second-order valence-corrected chi connectivity index (χ2v) is 9.72. The van der Waals surface area contributed by atoms with Crippen LogP contribution in [0.5, 0.6) is 0 Å². The van der Waals surface area contributed by atoms with E-state index in [2.05, 4.69) is 35.7 Å². The van der Waals surface area contributed by atoms with Crippen molar-refractivity contribution in [2.75, 3.05) is 5.32 Å². The van der Waals surface area contributed by atoms with Crippen LogP contribution in [0.1, 0.15) is 41.0 Å². The molecule has 158 valence electrons. The number of hydrogen-bond donors (Lipinski definition) is 1. The van der Waals surface area contributed by atoms with Crippen LogP contribution in [0.15, 0.2) is 60.7 Å². The van der Waals surface area contributed by atoms with Gasteiger partial charge >= 0.3 is 0 Å². The minimum Gasteiger partial charge on any atom is -0.370 e. The van der Waals surface area contributed by atoms with Gasteiger partial charge in [-0.3, -0.25) is 4.79 Å². The highest BCUT2D eigenvalue weighted by atomic mass is 32.1. The third kappa shape index (κ3) is 5.04. The summed E-state index contributed by atoms with van der Waals surface area (Å²) in [7, 11) is 0. The minimum atomic E-state index is -0.301. The Morgan fingerprint density at radius 2 is 1.68 bits per heavy atom. The number of ether oxygens (including phenoxy) is 1. The molecule has 5 heteroatoms. The van der Waals surface area contributed by atoms with E-state index >= 15 is 0 Å². The van der Waals surface area contributed by atoms with E-state index < -0.39 is 0 Å². The highest BCUT2D eigenvalue weighted by Gasteiger charge is 2.32. The maximum absolute atomic E-state index is 13.4. The van der Waals surface area contributed by atoms with E-state index in [9.17, 15) is 10.1 Å². The molecule has 0 aliphatic carbocycles. The molecule has 0 spiro atoms. The molecule has 1 aliphatic heterocycles. The van der Waals surface area contributed by atoms with E-state index in [0.717, 1.165) is 21.6 Å². The summed E-state index contributed by atoms with van der Waals surface area (Å²) in [6.07, 6.45) is 1.96. The highest BCUT2D eigenvalue weighted by Crippen LogP contribution is 2.40. The van der Waals surface area contributed by atoms with Gasteiger partial charge in [-0.25, -0.2) is 0 Å². The number of carbonyl (C=O) groups excluding carboxylic acids is 1. The smallest absolute Gasteiger partial charge is 0.228 e. The van der Waals surface area contributed by atoms with Crippen molar-refractivity contribution in [3.05, 3.63) is 87.8 Å². The molecular formula is C26H26N2O2S. The van der Waals surface area contributed by atoms with Gasteiger partial charge in [-0.05, 0) is 43.4 Å². The minimum absolute atomic E-state index is 0.0528. The van der Waals surface area contributed by atoms with Crippen molar-refractivity contribution in [1.82, 2.24) is 0 Å². The summed E-state index contributed by atoms with van der Waals surface area (Å²) in [4.78, 5) is 14.4. The molecule has 0 fully saturated rings. The number of carbonyl (C=O) groups is 1. The van der Waals surface area contributed by atoms with Crippen molar-refractivity contribution in [2.45, 2.75) is 45.3 Å². The summed E-state index contributed by atoms with van der Waals surface area (Å²) in [5.74, 6) is -0.286. The maximum atomic E-state index is 13.4. The Bertz CT molecular complexity index is 1060. The summed E-state index contributed by atoms with van der Waals surface area (Å²) in [5, 5.41) is 13.6. The molecule has 1 aromatic heterocycles. The van der Waals surface area contributed by atoms with E-state index in [1.807, 2.05) is 50.2 Å². The van der Waals surface area contributed by atoms with Gasteiger partial charge in [0.05, 0.1) is 17.8 Å². The van der Waals surface area contributed by atoms with Gasteiger partial charge in [-0.1, -0.05) is 60.7 Å². The van der Waals surface area contributed by atoms with Crippen LogP contribution >= 0.6 is 11.3 Å². The van der Waals surface area contributed by atoms with Crippen LogP contribution in [0.2, 0.25) is 0 Å². The molecule has 3 aromatic rings. The van der Waals surface area contributed by atoms with Crippen molar-refractivity contribution >= 4 is 22.2 Å². The largest absolute Gasteiger partial charge is 0.370 e. The lowest BCUT2D eigenvalue weighted by molar-refractivity contribution is -0.119. The van der Waals surface area contributed by atoms with Crippen molar-refractivity contribution in [2.24, 2.45) is 5.92 Å². The van der Waals surface area contributed by atoms with Gasteiger partial charge in [-0.2, -0.15) is 5.26 Å². The fourth-order valence-corrected chi connectivity index (χ4v) is 5.11. The zero-order valence-corrected chi connectivity index (χ0v) is 18.7. The van der Waals surface area contributed by atoms with E-state index in [1.165, 1.54) is 11.3 Å². The van der Waals surface area contributed by atoms with Gasteiger partial charge in [0, 0.05) is 17.2 Å². The quantitative estimate of drug-likeness (QED) is 0.561. The van der Waals surface area contributed by atoms with Crippen LogP contribution < -0.4 is 5.32 Å². The molecule has 0 radical (unpaired) electrons. The molecule has 0 saturated heterocycles. The Hall–Kier alpha value is -2.94. The molecule has 1 amide bonds. The first-order valence-corrected chi connectivity index (χ1v) is 11.3. The number of benzene rings is 2. The van der Waals surface area contributed by atoms with Gasteiger partial charge in [0.2, 0.25) is 5.91 Å². The lowest BCUT2D eigenvalue weighted by atomic mass is 9.91. The predicted molar refractivity (Wildman–Crippen MR) is 124 cm³/mol. The number of nitriles is 1. The third-order valence-electron chi connectivity index (χ3n) is 5.66. The van der Waals surface area contributed by atoms with Crippen LogP contribution in [0, 0.1) is 17.2 Å². The Balaban J connectivity index is 1.59. The SMILES string of the molecule is CC1(C)Cc2c(sc(NC(=O)C(Cc3ccccc3)Cc3ccccc3)c2C#N)CO1. The maximum Gasteiger partial charge on any atom is 0.228 e. The lowest BCUT2D eigenvalue weighted by Crippen LogP contribution is -2.31. The molecular weight excluding hydrogens is 404 g/mol. The molecule has 1 N–H and O–H groups in total. The Morgan fingerprint density at radius 1 is 1.10 bits per heavy atom. The average Bonchev–Trinajstić information content (AvgIpc) is 3.09. The molecule has 0 bridgehead atoms. The number of nitrogens with one attached hydrogen (secondary N) is 1. The molecule has 0 atom stereocenters. The standard InChI is InChI=1S/C26H26N2O2S/c1-26(2)15-21-22(16-27)25(31-23(21)17-30-26)28-24(29)20(13-18-9-5-3-6-10-18)14-19-11-7-4-8-12-19/h3-12,20H,13-15,17H2,1-2H3,(H,28,29). The van der Waals surface area contributed by atoms with Crippen LogP contribution in [0.4, 0.5) is 5.00 Å². The average molecular weight is 431 g/mol. The fraction of sp³-hybridized carbons (Fsp3) is 0.308. The fourth-order valence-electron chi connectivity index (χ4n) is 4.03. The topological polar surface area (TPSA) is 62.1 Å². The summed E-state index contributed by atoms with van der Waals surface area (Å²) in [5.41, 5.74) is 3.55. The lowest BCUT2D eigenvalue weighted by Gasteiger charge is -2.29. The second kappa shape index (κ2) is 9.05. The van der Waals surface area contributed by atoms with E-state index in [-0.39, 0.29) is 17.4 Å². The molecule has 0 unspecified atom stereocenters. The number of amides is 1. The van der Waals surface area contributed by atoms with Gasteiger partial charge in [-0.15, -0.1) is 11.3 Å². The number of fused-ring (bicyclic) bond motifs is 1. The van der Waals surface area contributed by atoms with E-state index in [0.29, 0.717) is 36.4 Å². The normalized spacial score (nSPS) is 14.6.